The first-order valence-electron chi connectivity index (χ1n) is 15.6. The summed E-state index contributed by atoms with van der Waals surface area (Å²) in [5.41, 5.74) is -0.440. The maximum absolute atomic E-state index is 13.8. The van der Waals surface area contributed by atoms with Gasteiger partial charge in [-0.3, -0.25) is 23.7 Å². The van der Waals surface area contributed by atoms with Crippen molar-refractivity contribution >= 4 is 29.3 Å². The van der Waals surface area contributed by atoms with Gasteiger partial charge in [-0.15, -0.1) is 0 Å². The van der Waals surface area contributed by atoms with Crippen LogP contribution in [-0.4, -0.2) is 96.3 Å². The number of alkyl halides is 3. The first-order valence-corrected chi connectivity index (χ1v) is 16.0. The van der Waals surface area contributed by atoms with E-state index in [1.54, 1.807) is 46.2 Å². The molecule has 6 rings (SSSR count). The monoisotopic (exact) mass is 686 g/mol. The van der Waals surface area contributed by atoms with E-state index in [0.717, 1.165) is 32.1 Å². The van der Waals surface area contributed by atoms with E-state index in [1.807, 2.05) is 4.90 Å². The Hall–Kier alpha value is -4.70. The van der Waals surface area contributed by atoms with Gasteiger partial charge in [0.05, 0.1) is 41.1 Å². The minimum absolute atomic E-state index is 0.0137. The molecular formula is C31H34ClF3N10O3. The fraction of sp³-hybridized carbons (Fsp3) is 0.419. The van der Waals surface area contributed by atoms with Gasteiger partial charge in [0.1, 0.15) is 0 Å². The second kappa shape index (κ2) is 14.2. The molecule has 0 saturated carbocycles. The number of H-pyrrole nitrogens is 1. The van der Waals surface area contributed by atoms with Crippen molar-refractivity contribution in [2.45, 2.75) is 38.7 Å². The lowest BCUT2D eigenvalue weighted by molar-refractivity contribution is -0.141. The zero-order chi connectivity index (χ0) is 33.8. The highest BCUT2D eigenvalue weighted by Crippen LogP contribution is 2.35. The first-order chi connectivity index (χ1) is 23.1. The molecule has 2 aliphatic rings. The third-order valence-electron chi connectivity index (χ3n) is 8.51. The van der Waals surface area contributed by atoms with Crippen LogP contribution in [0.4, 0.5) is 13.2 Å². The standard InChI is InChI=1S/C31H34ClF3N10O3/c32-24-16-20(2-3-22(24)30(48)43-12-10-42(11-13-43)29(47)21-4-7-36-8-5-21)17-38-28(46)27-37-18-25(40-27)23-19-45(41-26(23)31(33,34)35)15-14-44-9-1-6-39-44/h1-3,6,9,16,18-19,21,36H,4-5,7-8,10-15,17H2,(H,37,40)(H,38,46). The summed E-state index contributed by atoms with van der Waals surface area (Å²) in [4.78, 5) is 49.1. The third-order valence-corrected chi connectivity index (χ3v) is 8.83. The molecule has 3 aromatic heterocycles. The van der Waals surface area contributed by atoms with Gasteiger partial charge in [0.15, 0.2) is 11.5 Å². The van der Waals surface area contributed by atoms with Crippen LogP contribution in [-0.2, 0) is 30.6 Å². The SMILES string of the molecule is O=C(NCc1ccc(C(=O)N2CCN(C(=O)C3CCNCC3)CC2)c(Cl)c1)c1ncc(-c2cn(CCn3cccn3)nc2C(F)(F)F)[nH]1. The van der Waals surface area contributed by atoms with Crippen LogP contribution >= 0.6 is 11.6 Å². The molecule has 3 amide bonds. The molecule has 4 aromatic rings. The number of aromatic nitrogens is 6. The van der Waals surface area contributed by atoms with E-state index in [-0.39, 0.29) is 52.9 Å². The van der Waals surface area contributed by atoms with E-state index in [9.17, 15) is 27.6 Å². The summed E-state index contributed by atoms with van der Waals surface area (Å²) in [6.07, 6.45) is 2.59. The fourth-order valence-corrected chi connectivity index (χ4v) is 6.17. The molecule has 17 heteroatoms. The van der Waals surface area contributed by atoms with Crippen LogP contribution in [0.5, 0.6) is 0 Å². The number of rotatable bonds is 9. The minimum atomic E-state index is -4.73. The van der Waals surface area contributed by atoms with Crippen LogP contribution < -0.4 is 10.6 Å². The Morgan fingerprint density at radius 2 is 1.75 bits per heavy atom. The van der Waals surface area contributed by atoms with Crippen molar-refractivity contribution in [2.24, 2.45) is 5.92 Å². The Labute approximate surface area is 278 Å². The molecule has 2 saturated heterocycles. The molecule has 0 radical (unpaired) electrons. The number of halogens is 4. The highest BCUT2D eigenvalue weighted by atomic mass is 35.5. The van der Waals surface area contributed by atoms with E-state index in [0.29, 0.717) is 43.9 Å². The average molecular weight is 687 g/mol. The molecule has 13 nitrogen and oxygen atoms in total. The number of benzene rings is 1. The lowest BCUT2D eigenvalue weighted by Gasteiger charge is -2.37. The summed E-state index contributed by atoms with van der Waals surface area (Å²) in [6, 6.07) is 6.54. The number of hydrogen-bond acceptors (Lipinski definition) is 7. The molecule has 2 fully saturated rings. The number of nitrogens with one attached hydrogen (secondary N) is 3. The lowest BCUT2D eigenvalue weighted by atomic mass is 9.96. The summed E-state index contributed by atoms with van der Waals surface area (Å²) in [7, 11) is 0. The highest BCUT2D eigenvalue weighted by molar-refractivity contribution is 6.33. The molecule has 5 heterocycles. The van der Waals surface area contributed by atoms with Crippen molar-refractivity contribution in [1.29, 1.82) is 0 Å². The van der Waals surface area contributed by atoms with Crippen LogP contribution in [0, 0.1) is 5.92 Å². The van der Waals surface area contributed by atoms with Crippen molar-refractivity contribution in [2.75, 3.05) is 39.3 Å². The molecule has 0 aliphatic carbocycles. The zero-order valence-electron chi connectivity index (χ0n) is 25.8. The number of hydrogen-bond donors (Lipinski definition) is 3. The van der Waals surface area contributed by atoms with Gasteiger partial charge in [0, 0.05) is 57.2 Å². The molecule has 0 spiro atoms. The van der Waals surface area contributed by atoms with Crippen LogP contribution in [0.2, 0.25) is 5.02 Å². The number of carbonyl (C=O) groups excluding carboxylic acids is 3. The van der Waals surface area contributed by atoms with Gasteiger partial charge in [0.25, 0.3) is 11.8 Å². The smallest absolute Gasteiger partial charge is 0.345 e. The molecule has 254 valence electrons. The Morgan fingerprint density at radius 3 is 2.44 bits per heavy atom. The number of piperazine rings is 1. The van der Waals surface area contributed by atoms with E-state index in [1.165, 1.54) is 10.9 Å². The molecule has 48 heavy (non-hydrogen) atoms. The topological polar surface area (TPSA) is 146 Å². The Balaban J connectivity index is 1.04. The number of aryl methyl sites for hydroxylation is 2. The van der Waals surface area contributed by atoms with Crippen molar-refractivity contribution in [1.82, 2.24) is 50.0 Å². The quantitative estimate of drug-likeness (QED) is 0.245. The van der Waals surface area contributed by atoms with E-state index in [2.05, 4.69) is 30.8 Å². The van der Waals surface area contributed by atoms with Gasteiger partial charge in [-0.25, -0.2) is 4.98 Å². The lowest BCUT2D eigenvalue weighted by Crippen LogP contribution is -2.52. The number of carbonyl (C=O) groups is 3. The van der Waals surface area contributed by atoms with Gasteiger partial charge >= 0.3 is 6.18 Å². The molecule has 0 bridgehead atoms. The molecule has 0 unspecified atom stereocenters. The predicted molar refractivity (Wildman–Crippen MR) is 168 cm³/mol. The third kappa shape index (κ3) is 7.54. The van der Waals surface area contributed by atoms with Crippen molar-refractivity contribution in [3.05, 3.63) is 76.7 Å². The van der Waals surface area contributed by atoms with E-state index >= 15 is 0 Å². The molecule has 0 atom stereocenters. The Morgan fingerprint density at radius 1 is 1.02 bits per heavy atom. The molecular weight excluding hydrogens is 653 g/mol. The van der Waals surface area contributed by atoms with Crippen LogP contribution in [0.15, 0.2) is 49.1 Å². The van der Waals surface area contributed by atoms with E-state index in [4.69, 9.17) is 11.6 Å². The van der Waals surface area contributed by atoms with Gasteiger partial charge in [-0.05, 0) is 49.7 Å². The fourth-order valence-electron chi connectivity index (χ4n) is 5.89. The maximum Gasteiger partial charge on any atom is 0.435 e. The van der Waals surface area contributed by atoms with Crippen molar-refractivity contribution in [3.63, 3.8) is 0 Å². The number of aromatic amines is 1. The van der Waals surface area contributed by atoms with Gasteiger partial charge in [-0.2, -0.15) is 23.4 Å². The highest BCUT2D eigenvalue weighted by Gasteiger charge is 2.38. The summed E-state index contributed by atoms with van der Waals surface area (Å²) < 4.78 is 44.2. The second-order valence-corrected chi connectivity index (χ2v) is 12.1. The minimum Gasteiger partial charge on any atom is -0.345 e. The largest absolute Gasteiger partial charge is 0.435 e. The average Bonchev–Trinajstić information content (AvgIpc) is 3.87. The molecule has 3 N–H and O–H groups in total. The van der Waals surface area contributed by atoms with Crippen molar-refractivity contribution < 1.29 is 27.6 Å². The maximum atomic E-state index is 13.8. The predicted octanol–water partition coefficient (Wildman–Crippen LogP) is 3.06. The Bertz CT molecular complexity index is 1760. The number of piperidine rings is 1. The molecule has 2 aliphatic heterocycles. The summed E-state index contributed by atoms with van der Waals surface area (Å²) >= 11 is 6.48. The number of amides is 3. The van der Waals surface area contributed by atoms with Gasteiger partial charge in [-0.1, -0.05) is 17.7 Å². The van der Waals surface area contributed by atoms with Gasteiger partial charge in [0.2, 0.25) is 5.91 Å². The molecule has 1 aromatic carbocycles. The van der Waals surface area contributed by atoms with Crippen LogP contribution in [0.1, 0.15) is 45.1 Å². The second-order valence-electron chi connectivity index (χ2n) is 11.7. The summed E-state index contributed by atoms with van der Waals surface area (Å²) in [5, 5.41) is 13.9. The van der Waals surface area contributed by atoms with Crippen LogP contribution in [0.25, 0.3) is 11.3 Å². The van der Waals surface area contributed by atoms with Gasteiger partial charge < -0.3 is 25.4 Å². The number of imidazole rings is 1. The normalized spacial score (nSPS) is 15.9. The number of nitrogens with zero attached hydrogens (tertiary/aromatic N) is 7. The van der Waals surface area contributed by atoms with Crippen LogP contribution in [0.3, 0.4) is 0 Å². The zero-order valence-corrected chi connectivity index (χ0v) is 26.6. The van der Waals surface area contributed by atoms with Crippen molar-refractivity contribution in [3.8, 4) is 11.3 Å². The summed E-state index contributed by atoms with van der Waals surface area (Å²) in [5.74, 6) is -0.886. The summed E-state index contributed by atoms with van der Waals surface area (Å²) in [6.45, 7) is 3.92. The first kappa shape index (κ1) is 33.2. The Kier molecular flexibility index (Phi) is 9.82. The van der Waals surface area contributed by atoms with E-state index < -0.39 is 17.8 Å².